The van der Waals surface area contributed by atoms with Crippen molar-refractivity contribution in [2.45, 2.75) is 63.6 Å². The maximum atomic E-state index is 13.5. The van der Waals surface area contributed by atoms with E-state index in [9.17, 15) is 13.6 Å². The summed E-state index contributed by atoms with van der Waals surface area (Å²) in [6.07, 6.45) is 9.38. The van der Waals surface area contributed by atoms with Gasteiger partial charge < -0.3 is 14.2 Å². The molecule has 6 heteroatoms. The van der Waals surface area contributed by atoms with Crippen LogP contribution in [0.25, 0.3) is 11.1 Å². The topological polar surface area (TPSA) is 48.1 Å². The molecule has 1 unspecified atom stereocenters. The number of halogens is 2. The van der Waals surface area contributed by atoms with E-state index in [-0.39, 0.29) is 11.9 Å². The minimum absolute atomic E-state index is 0.0552. The molecule has 1 aliphatic heterocycles. The fourth-order valence-corrected chi connectivity index (χ4v) is 5.55. The molecule has 182 valence electrons. The first-order valence-electron chi connectivity index (χ1n) is 12.6. The summed E-state index contributed by atoms with van der Waals surface area (Å²) in [6, 6.07) is 10.7. The number of benzene rings is 2. The Kier molecular flexibility index (Phi) is 7.26. The van der Waals surface area contributed by atoms with Crippen LogP contribution in [0.1, 0.15) is 51.4 Å². The van der Waals surface area contributed by atoms with E-state index < -0.39 is 11.6 Å². The molecule has 4 nitrogen and oxygen atoms in total. The van der Waals surface area contributed by atoms with Gasteiger partial charge in [0.2, 0.25) is 0 Å². The second kappa shape index (κ2) is 10.5. The van der Waals surface area contributed by atoms with Crippen molar-refractivity contribution in [2.24, 2.45) is 17.8 Å². The summed E-state index contributed by atoms with van der Waals surface area (Å²) in [4.78, 5) is 12.7. The third-order valence-electron chi connectivity index (χ3n) is 7.74. The van der Waals surface area contributed by atoms with Gasteiger partial charge in [0, 0.05) is 0 Å². The van der Waals surface area contributed by atoms with Gasteiger partial charge in [-0.25, -0.2) is 8.78 Å². The van der Waals surface area contributed by atoms with E-state index in [1.54, 1.807) is 24.3 Å². The Hall–Kier alpha value is -2.31. The monoisotopic (exact) mass is 470 g/mol. The van der Waals surface area contributed by atoms with Crippen LogP contribution >= 0.6 is 0 Å². The Morgan fingerprint density at radius 3 is 2.06 bits per heavy atom. The number of carbonyl (C=O) groups is 1. The van der Waals surface area contributed by atoms with Crippen molar-refractivity contribution in [3.8, 4) is 16.9 Å². The molecule has 1 heterocycles. The van der Waals surface area contributed by atoms with Gasteiger partial charge in [-0.05, 0) is 98.6 Å². The molecule has 2 aliphatic carbocycles. The number of carbonyl (C=O) groups excluding carboxylic acids is 1. The van der Waals surface area contributed by atoms with Gasteiger partial charge in [-0.2, -0.15) is 0 Å². The molecule has 0 bridgehead atoms. The number of esters is 1. The van der Waals surface area contributed by atoms with Crippen LogP contribution in [0.2, 0.25) is 0 Å². The van der Waals surface area contributed by atoms with E-state index in [1.165, 1.54) is 18.9 Å². The molecule has 0 spiro atoms. The average Bonchev–Trinajstić information content (AvgIpc) is 3.70. The predicted molar refractivity (Wildman–Crippen MR) is 124 cm³/mol. The molecule has 1 atom stereocenters. The second-order valence-corrected chi connectivity index (χ2v) is 10.0. The normalized spacial score (nSPS) is 28.9. The van der Waals surface area contributed by atoms with Gasteiger partial charge in [0.15, 0.2) is 11.6 Å². The molecule has 1 saturated heterocycles. The first-order chi connectivity index (χ1) is 16.5. The van der Waals surface area contributed by atoms with Gasteiger partial charge in [0.05, 0.1) is 25.2 Å². The summed E-state index contributed by atoms with van der Waals surface area (Å²) >= 11 is 0. The van der Waals surface area contributed by atoms with Crippen LogP contribution in [-0.2, 0) is 14.3 Å². The van der Waals surface area contributed by atoms with Crippen LogP contribution in [0.5, 0.6) is 5.75 Å². The van der Waals surface area contributed by atoms with Crippen molar-refractivity contribution in [3.63, 3.8) is 0 Å². The van der Waals surface area contributed by atoms with Crippen LogP contribution in [-0.4, -0.2) is 31.4 Å². The third-order valence-corrected chi connectivity index (χ3v) is 7.74. The zero-order valence-corrected chi connectivity index (χ0v) is 19.4. The van der Waals surface area contributed by atoms with Crippen molar-refractivity contribution < 1.29 is 27.8 Å². The van der Waals surface area contributed by atoms with E-state index in [4.69, 9.17) is 14.2 Å². The summed E-state index contributed by atoms with van der Waals surface area (Å²) in [5, 5.41) is 0. The molecule has 3 fully saturated rings. The first kappa shape index (κ1) is 23.4. The highest BCUT2D eigenvalue weighted by atomic mass is 19.2. The van der Waals surface area contributed by atoms with Crippen molar-refractivity contribution in [1.29, 1.82) is 0 Å². The van der Waals surface area contributed by atoms with Crippen LogP contribution in [0.3, 0.4) is 0 Å². The lowest BCUT2D eigenvalue weighted by atomic mass is 9.70. The van der Waals surface area contributed by atoms with Crippen molar-refractivity contribution in [2.75, 3.05) is 13.2 Å². The largest absolute Gasteiger partial charge is 0.426 e. The zero-order valence-electron chi connectivity index (χ0n) is 19.4. The van der Waals surface area contributed by atoms with Gasteiger partial charge >= 0.3 is 5.97 Å². The van der Waals surface area contributed by atoms with Crippen LogP contribution in [0.15, 0.2) is 42.5 Å². The lowest BCUT2D eigenvalue weighted by Crippen LogP contribution is -2.31. The minimum atomic E-state index is -0.881. The maximum Gasteiger partial charge on any atom is 0.314 e. The van der Waals surface area contributed by atoms with Crippen LogP contribution in [0, 0.1) is 29.4 Å². The first-order valence-corrected chi connectivity index (χ1v) is 12.6. The van der Waals surface area contributed by atoms with E-state index in [0.717, 1.165) is 75.4 Å². The molecule has 2 aromatic rings. The molecule has 2 saturated carbocycles. The zero-order chi connectivity index (χ0) is 23.5. The highest BCUT2D eigenvalue weighted by Gasteiger charge is 2.34. The standard InChI is InChI=1S/C28H32F2O4/c29-26-14-9-22(15-27(26)30)20-7-12-24(13-8-20)34-28(31)21-3-1-18(2-4-21)19-5-10-23(11-6-19)32-16-25-17-33-25/h7-9,12-15,18-19,21,23,25H,1-6,10-11,16-17H2. The van der Waals surface area contributed by atoms with Crippen LogP contribution < -0.4 is 4.74 Å². The number of hydrogen-bond acceptors (Lipinski definition) is 4. The van der Waals surface area contributed by atoms with E-state index in [0.29, 0.717) is 29.4 Å². The average molecular weight is 471 g/mol. The molecule has 2 aromatic carbocycles. The molecule has 34 heavy (non-hydrogen) atoms. The quantitative estimate of drug-likeness (QED) is 0.270. The Labute approximate surface area is 199 Å². The lowest BCUT2D eigenvalue weighted by molar-refractivity contribution is -0.140. The van der Waals surface area contributed by atoms with Gasteiger partial charge in [-0.3, -0.25) is 4.79 Å². The van der Waals surface area contributed by atoms with Crippen LogP contribution in [0.4, 0.5) is 8.78 Å². The SMILES string of the molecule is O=C(Oc1ccc(-c2ccc(F)c(F)c2)cc1)C1CCC(C2CCC(OCC3CO3)CC2)CC1. The number of epoxide rings is 1. The van der Waals surface area contributed by atoms with Crippen molar-refractivity contribution in [1.82, 2.24) is 0 Å². The smallest absolute Gasteiger partial charge is 0.314 e. The highest BCUT2D eigenvalue weighted by molar-refractivity contribution is 5.75. The van der Waals surface area contributed by atoms with Crippen molar-refractivity contribution >= 4 is 5.97 Å². The second-order valence-electron chi connectivity index (χ2n) is 10.0. The number of ether oxygens (including phenoxy) is 3. The number of rotatable bonds is 7. The Balaban J connectivity index is 1.06. The number of hydrogen-bond donors (Lipinski definition) is 0. The van der Waals surface area contributed by atoms with Crippen molar-refractivity contribution in [3.05, 3.63) is 54.1 Å². The summed E-state index contributed by atoms with van der Waals surface area (Å²) in [5.74, 6) is -0.0454. The molecule has 3 aliphatic rings. The van der Waals surface area contributed by atoms with Gasteiger partial charge in [-0.1, -0.05) is 18.2 Å². The molecule has 0 amide bonds. The third kappa shape index (κ3) is 5.84. The molecule has 5 rings (SSSR count). The van der Waals surface area contributed by atoms with Gasteiger partial charge in [0.25, 0.3) is 0 Å². The fourth-order valence-electron chi connectivity index (χ4n) is 5.55. The minimum Gasteiger partial charge on any atom is -0.426 e. The summed E-state index contributed by atoms with van der Waals surface area (Å²) in [6.45, 7) is 1.60. The Morgan fingerprint density at radius 2 is 1.44 bits per heavy atom. The van der Waals surface area contributed by atoms with E-state index in [1.807, 2.05) is 0 Å². The Bertz CT molecular complexity index is 972. The molecule has 0 N–H and O–H groups in total. The van der Waals surface area contributed by atoms with E-state index in [2.05, 4.69) is 0 Å². The molecular weight excluding hydrogens is 438 g/mol. The highest BCUT2D eigenvalue weighted by Crippen LogP contribution is 2.41. The predicted octanol–water partition coefficient (Wildman–Crippen LogP) is 6.32. The van der Waals surface area contributed by atoms with E-state index >= 15 is 0 Å². The van der Waals surface area contributed by atoms with Gasteiger partial charge in [0.1, 0.15) is 11.9 Å². The summed E-state index contributed by atoms with van der Waals surface area (Å²) < 4.78 is 43.5. The maximum absolute atomic E-state index is 13.5. The summed E-state index contributed by atoms with van der Waals surface area (Å²) in [5.41, 5.74) is 1.31. The summed E-state index contributed by atoms with van der Waals surface area (Å²) in [7, 11) is 0. The molecule has 0 radical (unpaired) electrons. The van der Waals surface area contributed by atoms with Gasteiger partial charge in [-0.15, -0.1) is 0 Å². The Morgan fingerprint density at radius 1 is 0.824 bits per heavy atom. The lowest BCUT2D eigenvalue weighted by Gasteiger charge is -2.37. The molecule has 0 aromatic heterocycles. The fraction of sp³-hybridized carbons (Fsp3) is 0.536. The molecular formula is C28H32F2O4.